The summed E-state index contributed by atoms with van der Waals surface area (Å²) in [4.78, 5) is 16.7. The number of piperidine rings is 1. The first-order valence-electron chi connectivity index (χ1n) is 4.79. The molecule has 1 fully saturated rings. The summed E-state index contributed by atoms with van der Waals surface area (Å²) in [6.07, 6.45) is 1.30. The van der Waals surface area contributed by atoms with Crippen LogP contribution in [0.4, 0.5) is 5.13 Å². The third-order valence-electron chi connectivity index (χ3n) is 2.59. The third-order valence-corrected chi connectivity index (χ3v) is 3.48. The first kappa shape index (κ1) is 10.2. The summed E-state index contributed by atoms with van der Waals surface area (Å²) in [5, 5.41) is 20.3. The lowest BCUT2D eigenvalue weighted by Gasteiger charge is -2.29. The highest BCUT2D eigenvalue weighted by molar-refractivity contribution is 7.13. The summed E-state index contributed by atoms with van der Waals surface area (Å²) in [5.41, 5.74) is 0. The summed E-state index contributed by atoms with van der Waals surface area (Å²) in [5.74, 6) is -0.901. The van der Waals surface area contributed by atoms with Gasteiger partial charge in [0.05, 0.1) is 11.3 Å². The van der Waals surface area contributed by atoms with Gasteiger partial charge in [-0.15, -0.1) is 11.3 Å². The Morgan fingerprint density at radius 3 is 2.67 bits per heavy atom. The standard InChI is InChI=1S/C9H12N2O3S/c12-7-5-15-9(10-7)11-3-1-6(2-4-11)8(13)14/h5-6,12H,1-4H2,(H,13,14). The average Bonchev–Trinajstić information content (AvgIpc) is 2.65. The fraction of sp³-hybridized carbons (Fsp3) is 0.556. The van der Waals surface area contributed by atoms with Crippen LogP contribution >= 0.6 is 11.3 Å². The lowest BCUT2D eigenvalue weighted by atomic mass is 9.98. The zero-order valence-electron chi connectivity index (χ0n) is 8.09. The molecule has 1 aliphatic rings. The molecular weight excluding hydrogens is 216 g/mol. The van der Waals surface area contributed by atoms with Gasteiger partial charge in [-0.3, -0.25) is 4.79 Å². The van der Waals surface area contributed by atoms with Crippen molar-refractivity contribution < 1.29 is 15.0 Å². The zero-order valence-corrected chi connectivity index (χ0v) is 8.90. The first-order chi connectivity index (χ1) is 7.16. The van der Waals surface area contributed by atoms with Gasteiger partial charge in [0, 0.05) is 13.1 Å². The van der Waals surface area contributed by atoms with Crippen molar-refractivity contribution in [1.82, 2.24) is 4.98 Å². The Hall–Kier alpha value is -1.30. The molecule has 15 heavy (non-hydrogen) atoms. The summed E-state index contributed by atoms with van der Waals surface area (Å²) >= 11 is 1.38. The molecule has 0 atom stereocenters. The maximum absolute atomic E-state index is 10.7. The molecule has 0 unspecified atom stereocenters. The summed E-state index contributed by atoms with van der Waals surface area (Å²) < 4.78 is 0. The van der Waals surface area contributed by atoms with Crippen LogP contribution < -0.4 is 4.90 Å². The molecule has 1 aromatic heterocycles. The Bertz CT molecular complexity index is 358. The first-order valence-corrected chi connectivity index (χ1v) is 5.67. The van der Waals surface area contributed by atoms with Crippen LogP contribution in [0.1, 0.15) is 12.8 Å². The number of nitrogens with zero attached hydrogens (tertiary/aromatic N) is 2. The van der Waals surface area contributed by atoms with E-state index in [2.05, 4.69) is 4.98 Å². The van der Waals surface area contributed by atoms with Crippen molar-refractivity contribution in [2.45, 2.75) is 12.8 Å². The van der Waals surface area contributed by atoms with Crippen molar-refractivity contribution in [2.75, 3.05) is 18.0 Å². The molecule has 0 radical (unpaired) electrons. The minimum absolute atomic E-state index is 0.0374. The molecule has 0 saturated carbocycles. The molecule has 1 saturated heterocycles. The number of hydrogen-bond acceptors (Lipinski definition) is 5. The van der Waals surface area contributed by atoms with Gasteiger partial charge in [0.25, 0.3) is 0 Å². The smallest absolute Gasteiger partial charge is 0.306 e. The Balaban J connectivity index is 1.96. The number of aromatic nitrogens is 1. The maximum atomic E-state index is 10.7. The highest BCUT2D eigenvalue weighted by Crippen LogP contribution is 2.28. The van der Waals surface area contributed by atoms with Crippen molar-refractivity contribution in [2.24, 2.45) is 5.92 Å². The van der Waals surface area contributed by atoms with E-state index in [1.807, 2.05) is 4.90 Å². The van der Waals surface area contributed by atoms with E-state index in [0.717, 1.165) is 5.13 Å². The minimum atomic E-state index is -0.711. The van der Waals surface area contributed by atoms with Crippen LogP contribution in [0.15, 0.2) is 5.38 Å². The molecule has 6 heteroatoms. The van der Waals surface area contributed by atoms with Gasteiger partial charge in [0.1, 0.15) is 0 Å². The SMILES string of the molecule is O=C(O)C1CCN(c2nc(O)cs2)CC1. The number of anilines is 1. The monoisotopic (exact) mass is 228 g/mol. The topological polar surface area (TPSA) is 73.7 Å². The predicted molar refractivity (Wildman–Crippen MR) is 56.4 cm³/mol. The molecule has 82 valence electrons. The summed E-state index contributed by atoms with van der Waals surface area (Å²) in [6, 6.07) is 0. The van der Waals surface area contributed by atoms with Gasteiger partial charge in [0.2, 0.25) is 5.88 Å². The van der Waals surface area contributed by atoms with Crippen molar-refractivity contribution >= 4 is 22.4 Å². The number of aliphatic carboxylic acids is 1. The molecular formula is C9H12N2O3S. The third kappa shape index (κ3) is 2.20. The Labute approximate surface area is 91.0 Å². The number of carboxylic acids is 1. The van der Waals surface area contributed by atoms with E-state index in [9.17, 15) is 4.79 Å². The van der Waals surface area contributed by atoms with Crippen LogP contribution in [0.5, 0.6) is 5.88 Å². The van der Waals surface area contributed by atoms with E-state index in [1.165, 1.54) is 11.3 Å². The molecule has 5 nitrogen and oxygen atoms in total. The Morgan fingerprint density at radius 2 is 2.20 bits per heavy atom. The van der Waals surface area contributed by atoms with Gasteiger partial charge in [0.15, 0.2) is 5.13 Å². The van der Waals surface area contributed by atoms with Gasteiger partial charge >= 0.3 is 5.97 Å². The number of carbonyl (C=O) groups is 1. The van der Waals surface area contributed by atoms with Crippen LogP contribution in [0.2, 0.25) is 0 Å². The Kier molecular flexibility index (Phi) is 2.77. The molecule has 0 amide bonds. The van der Waals surface area contributed by atoms with Gasteiger partial charge in [-0.05, 0) is 12.8 Å². The highest BCUT2D eigenvalue weighted by atomic mass is 32.1. The van der Waals surface area contributed by atoms with Crippen molar-refractivity contribution in [1.29, 1.82) is 0 Å². The lowest BCUT2D eigenvalue weighted by molar-refractivity contribution is -0.142. The number of aromatic hydroxyl groups is 1. The molecule has 0 spiro atoms. The van der Waals surface area contributed by atoms with Crippen LogP contribution in [0.25, 0.3) is 0 Å². The molecule has 0 bridgehead atoms. The molecule has 1 aliphatic heterocycles. The molecule has 0 aliphatic carbocycles. The van der Waals surface area contributed by atoms with Gasteiger partial charge in [-0.2, -0.15) is 4.98 Å². The van der Waals surface area contributed by atoms with E-state index in [1.54, 1.807) is 5.38 Å². The van der Waals surface area contributed by atoms with Crippen LogP contribution in [0.3, 0.4) is 0 Å². The Morgan fingerprint density at radius 1 is 1.53 bits per heavy atom. The van der Waals surface area contributed by atoms with Crippen LogP contribution in [0, 0.1) is 5.92 Å². The summed E-state index contributed by atoms with van der Waals surface area (Å²) in [6.45, 7) is 1.40. The van der Waals surface area contributed by atoms with Gasteiger partial charge in [-0.1, -0.05) is 0 Å². The average molecular weight is 228 g/mol. The second-order valence-electron chi connectivity index (χ2n) is 3.59. The molecule has 2 heterocycles. The normalized spacial score (nSPS) is 18.0. The number of hydrogen-bond donors (Lipinski definition) is 2. The minimum Gasteiger partial charge on any atom is -0.493 e. The second-order valence-corrected chi connectivity index (χ2v) is 4.42. The van der Waals surface area contributed by atoms with E-state index in [4.69, 9.17) is 10.2 Å². The summed E-state index contributed by atoms with van der Waals surface area (Å²) in [7, 11) is 0. The number of rotatable bonds is 2. The van der Waals surface area contributed by atoms with Crippen LogP contribution in [-0.2, 0) is 4.79 Å². The molecule has 2 rings (SSSR count). The van der Waals surface area contributed by atoms with Crippen molar-refractivity contribution in [3.8, 4) is 5.88 Å². The lowest BCUT2D eigenvalue weighted by Crippen LogP contribution is -2.36. The number of thiazole rings is 1. The fourth-order valence-corrected chi connectivity index (χ4v) is 2.46. The predicted octanol–water partition coefficient (Wildman–Crippen LogP) is 1.15. The maximum Gasteiger partial charge on any atom is 0.306 e. The van der Waals surface area contributed by atoms with Crippen molar-refractivity contribution in [3.05, 3.63) is 5.38 Å². The second kappa shape index (κ2) is 4.06. The van der Waals surface area contributed by atoms with Crippen molar-refractivity contribution in [3.63, 3.8) is 0 Å². The largest absolute Gasteiger partial charge is 0.493 e. The van der Waals surface area contributed by atoms with Gasteiger partial charge in [-0.25, -0.2) is 0 Å². The molecule has 1 aromatic rings. The fourth-order valence-electron chi connectivity index (χ4n) is 1.72. The van der Waals surface area contributed by atoms with E-state index < -0.39 is 5.97 Å². The highest BCUT2D eigenvalue weighted by Gasteiger charge is 2.25. The van der Waals surface area contributed by atoms with E-state index in [-0.39, 0.29) is 11.8 Å². The number of carboxylic acid groups (broad SMARTS) is 1. The van der Waals surface area contributed by atoms with E-state index >= 15 is 0 Å². The molecule has 0 aromatic carbocycles. The van der Waals surface area contributed by atoms with Gasteiger partial charge < -0.3 is 15.1 Å². The van der Waals surface area contributed by atoms with E-state index in [0.29, 0.717) is 25.9 Å². The van der Waals surface area contributed by atoms with Crippen LogP contribution in [-0.4, -0.2) is 34.3 Å². The zero-order chi connectivity index (χ0) is 10.8. The quantitative estimate of drug-likeness (QED) is 0.794. The molecule has 2 N–H and O–H groups in total.